The van der Waals surface area contributed by atoms with E-state index in [-0.39, 0.29) is 25.0 Å². The van der Waals surface area contributed by atoms with E-state index in [1.165, 1.54) is 4.90 Å². The van der Waals surface area contributed by atoms with Crippen molar-refractivity contribution in [3.05, 3.63) is 34.9 Å². The number of aliphatic hydroxyl groups excluding tert-OH is 1. The van der Waals surface area contributed by atoms with Crippen LogP contribution < -0.4 is 10.6 Å². The van der Waals surface area contributed by atoms with Gasteiger partial charge in [0.15, 0.2) is 0 Å². The summed E-state index contributed by atoms with van der Waals surface area (Å²) in [6, 6.07) is 3.81. The normalized spacial score (nSPS) is 13.9. The van der Waals surface area contributed by atoms with E-state index >= 15 is 0 Å². The van der Waals surface area contributed by atoms with Crippen LogP contribution in [-0.4, -0.2) is 59.3 Å². The summed E-state index contributed by atoms with van der Waals surface area (Å²) in [7, 11) is 0. The number of alkyl carbamates (subject to hydrolysis) is 1. The fourth-order valence-corrected chi connectivity index (χ4v) is 3.86. The van der Waals surface area contributed by atoms with Gasteiger partial charge in [0.2, 0.25) is 11.8 Å². The zero-order valence-corrected chi connectivity index (χ0v) is 23.4. The number of nitrogens with zero attached hydrogens (tertiary/aromatic N) is 1. The molecule has 0 radical (unpaired) electrons. The Hall–Kier alpha value is -2.61. The summed E-state index contributed by atoms with van der Waals surface area (Å²) in [5, 5.41) is 15.6. The maximum absolute atomic E-state index is 13.9. The number of benzene rings is 1. The van der Waals surface area contributed by atoms with Crippen molar-refractivity contribution in [1.29, 1.82) is 0 Å². The van der Waals surface area contributed by atoms with Crippen LogP contribution in [0.2, 0.25) is 0 Å². The summed E-state index contributed by atoms with van der Waals surface area (Å²) < 4.78 is 5.40. The highest BCUT2D eigenvalue weighted by molar-refractivity contribution is 5.92. The van der Waals surface area contributed by atoms with Crippen molar-refractivity contribution < 1.29 is 24.2 Å². The zero-order chi connectivity index (χ0) is 27.5. The molecule has 0 spiro atoms. The number of ether oxygens (including phenoxy) is 1. The molecule has 0 bridgehead atoms. The molecule has 0 fully saturated rings. The van der Waals surface area contributed by atoms with Crippen molar-refractivity contribution in [3.63, 3.8) is 0 Å². The largest absolute Gasteiger partial charge is 0.444 e. The van der Waals surface area contributed by atoms with E-state index in [0.29, 0.717) is 18.5 Å². The van der Waals surface area contributed by atoms with Crippen LogP contribution in [-0.2, 0) is 14.3 Å². The van der Waals surface area contributed by atoms with Crippen LogP contribution in [0.25, 0.3) is 0 Å². The van der Waals surface area contributed by atoms with E-state index in [1.54, 1.807) is 20.8 Å². The molecule has 8 heteroatoms. The standard InChI is InChI=1S/C28H47N3O5/c1-9-11-12-15-29-25(33)24(22-14-13-20(4)21(5)18-22)31(16-17-32)26(34)23(19(3)10-2)30-27(35)36-28(6,7)8/h13-14,18-19,23-24,32H,9-12,15-17H2,1-8H3,(H,29,33)(H,30,35). The fourth-order valence-electron chi connectivity index (χ4n) is 3.86. The zero-order valence-electron chi connectivity index (χ0n) is 23.4. The van der Waals surface area contributed by atoms with Crippen molar-refractivity contribution in [1.82, 2.24) is 15.5 Å². The second-order valence-electron chi connectivity index (χ2n) is 10.5. The third kappa shape index (κ3) is 9.80. The minimum absolute atomic E-state index is 0.0538. The number of rotatable bonds is 13. The first-order valence-electron chi connectivity index (χ1n) is 13.1. The van der Waals surface area contributed by atoms with Crippen LogP contribution in [0.5, 0.6) is 0 Å². The number of aliphatic hydroxyl groups is 1. The Morgan fingerprint density at radius 1 is 1.08 bits per heavy atom. The van der Waals surface area contributed by atoms with E-state index in [4.69, 9.17) is 4.74 Å². The third-order valence-corrected chi connectivity index (χ3v) is 6.26. The summed E-state index contributed by atoms with van der Waals surface area (Å²) in [6.45, 7) is 15.2. The van der Waals surface area contributed by atoms with Crippen LogP contribution in [0.15, 0.2) is 18.2 Å². The number of amides is 3. The molecule has 0 aliphatic heterocycles. The van der Waals surface area contributed by atoms with E-state index in [2.05, 4.69) is 17.6 Å². The fraction of sp³-hybridized carbons (Fsp3) is 0.679. The Morgan fingerprint density at radius 2 is 1.75 bits per heavy atom. The van der Waals surface area contributed by atoms with Crippen LogP contribution in [0.1, 0.15) is 90.0 Å². The van der Waals surface area contributed by atoms with E-state index < -0.39 is 29.7 Å². The highest BCUT2D eigenvalue weighted by atomic mass is 16.6. The second-order valence-corrected chi connectivity index (χ2v) is 10.5. The van der Waals surface area contributed by atoms with Gasteiger partial charge in [-0.15, -0.1) is 0 Å². The molecule has 204 valence electrons. The highest BCUT2D eigenvalue weighted by Crippen LogP contribution is 2.26. The van der Waals surface area contributed by atoms with Crippen molar-refractivity contribution in [2.45, 2.75) is 98.8 Å². The first-order chi connectivity index (χ1) is 16.9. The molecule has 36 heavy (non-hydrogen) atoms. The van der Waals surface area contributed by atoms with Gasteiger partial charge in [0, 0.05) is 13.1 Å². The summed E-state index contributed by atoms with van der Waals surface area (Å²) >= 11 is 0. The molecule has 8 nitrogen and oxygen atoms in total. The predicted octanol–water partition coefficient (Wildman–Crippen LogP) is 4.41. The number of carbonyl (C=O) groups is 3. The lowest BCUT2D eigenvalue weighted by Gasteiger charge is -2.36. The Morgan fingerprint density at radius 3 is 2.28 bits per heavy atom. The maximum Gasteiger partial charge on any atom is 0.408 e. The van der Waals surface area contributed by atoms with Crippen LogP contribution in [0.3, 0.4) is 0 Å². The van der Waals surface area contributed by atoms with Gasteiger partial charge >= 0.3 is 6.09 Å². The molecule has 0 saturated heterocycles. The molecule has 0 aliphatic carbocycles. The van der Waals surface area contributed by atoms with Crippen molar-refractivity contribution >= 4 is 17.9 Å². The number of carbonyl (C=O) groups excluding carboxylic acids is 3. The number of hydrogen-bond acceptors (Lipinski definition) is 5. The van der Waals surface area contributed by atoms with Crippen molar-refractivity contribution in [3.8, 4) is 0 Å². The first-order valence-corrected chi connectivity index (χ1v) is 13.1. The lowest BCUT2D eigenvalue weighted by atomic mass is 9.94. The number of aryl methyl sites for hydroxylation is 2. The van der Waals surface area contributed by atoms with Crippen molar-refractivity contribution in [2.75, 3.05) is 19.7 Å². The smallest absolute Gasteiger partial charge is 0.408 e. The molecule has 0 aliphatic rings. The average Bonchev–Trinajstić information content (AvgIpc) is 2.80. The van der Waals surface area contributed by atoms with Gasteiger partial charge in [-0.1, -0.05) is 58.2 Å². The number of nitrogens with one attached hydrogen (secondary N) is 2. The van der Waals surface area contributed by atoms with Gasteiger partial charge in [-0.25, -0.2) is 4.79 Å². The minimum Gasteiger partial charge on any atom is -0.444 e. The van der Waals surface area contributed by atoms with Gasteiger partial charge < -0.3 is 25.4 Å². The van der Waals surface area contributed by atoms with Crippen LogP contribution in [0.4, 0.5) is 4.79 Å². The summed E-state index contributed by atoms with van der Waals surface area (Å²) in [4.78, 5) is 41.4. The summed E-state index contributed by atoms with van der Waals surface area (Å²) in [6.07, 6.45) is 2.78. The number of unbranched alkanes of at least 4 members (excludes halogenated alkanes) is 2. The molecular formula is C28H47N3O5. The van der Waals surface area contributed by atoms with Gasteiger partial charge in [-0.2, -0.15) is 0 Å². The average molecular weight is 506 g/mol. The molecule has 0 heterocycles. The molecule has 3 atom stereocenters. The first kappa shape index (κ1) is 31.4. The van der Waals surface area contributed by atoms with Gasteiger partial charge in [0.1, 0.15) is 17.7 Å². The molecule has 1 aromatic rings. The molecule has 3 amide bonds. The molecule has 3 unspecified atom stereocenters. The SMILES string of the molecule is CCCCCNC(=O)C(c1ccc(C)c(C)c1)N(CCO)C(=O)C(NC(=O)OC(C)(C)C)C(C)CC. The monoisotopic (exact) mass is 505 g/mol. The van der Waals surface area contributed by atoms with E-state index in [9.17, 15) is 19.5 Å². The van der Waals surface area contributed by atoms with Gasteiger partial charge in [0.05, 0.1) is 6.61 Å². The minimum atomic E-state index is -0.947. The molecular weight excluding hydrogens is 458 g/mol. The third-order valence-electron chi connectivity index (χ3n) is 6.26. The van der Waals surface area contributed by atoms with Crippen molar-refractivity contribution in [2.24, 2.45) is 5.92 Å². The summed E-state index contributed by atoms with van der Waals surface area (Å²) in [5.74, 6) is -0.966. The van der Waals surface area contributed by atoms with E-state index in [0.717, 1.165) is 30.4 Å². The molecule has 0 saturated carbocycles. The lowest BCUT2D eigenvalue weighted by Crippen LogP contribution is -2.55. The Bertz CT molecular complexity index is 865. The maximum atomic E-state index is 13.9. The Balaban J connectivity index is 3.43. The molecule has 3 N–H and O–H groups in total. The van der Waals surface area contributed by atoms with Gasteiger partial charge in [-0.05, 0) is 63.6 Å². The van der Waals surface area contributed by atoms with Crippen LogP contribution >= 0.6 is 0 Å². The topological polar surface area (TPSA) is 108 Å². The molecule has 1 rings (SSSR count). The Kier molecular flexibility index (Phi) is 12.9. The molecule has 1 aromatic carbocycles. The van der Waals surface area contributed by atoms with Gasteiger partial charge in [0.25, 0.3) is 0 Å². The van der Waals surface area contributed by atoms with Crippen LogP contribution in [0, 0.1) is 19.8 Å². The second kappa shape index (κ2) is 14.8. The van der Waals surface area contributed by atoms with Gasteiger partial charge in [-0.3, -0.25) is 9.59 Å². The predicted molar refractivity (Wildman–Crippen MR) is 143 cm³/mol. The summed E-state index contributed by atoms with van der Waals surface area (Å²) in [5.41, 5.74) is 2.01. The lowest BCUT2D eigenvalue weighted by molar-refractivity contribution is -0.144. The Labute approximate surface area is 217 Å². The number of hydrogen-bond donors (Lipinski definition) is 3. The quantitative estimate of drug-likeness (QED) is 0.344. The molecule has 0 aromatic heterocycles. The highest BCUT2D eigenvalue weighted by Gasteiger charge is 2.38. The van der Waals surface area contributed by atoms with E-state index in [1.807, 2.05) is 45.9 Å².